The number of hydrogen-bond donors (Lipinski definition) is 0. The Balaban J connectivity index is 1.67. The van der Waals surface area contributed by atoms with Gasteiger partial charge in [-0.25, -0.2) is 13.2 Å². The maximum absolute atomic E-state index is 13.8. The lowest BCUT2D eigenvalue weighted by atomic mass is 10.1. The van der Waals surface area contributed by atoms with Crippen molar-refractivity contribution in [3.63, 3.8) is 0 Å². The number of nitrogens with zero attached hydrogens (tertiary/aromatic N) is 2. The number of amides is 1. The second-order valence-electron chi connectivity index (χ2n) is 6.02. The number of carbonyl (C=O) groups excluding carboxylic acids is 1. The van der Waals surface area contributed by atoms with Crippen LogP contribution in [0.3, 0.4) is 0 Å². The lowest BCUT2D eigenvalue weighted by Crippen LogP contribution is -2.49. The van der Waals surface area contributed by atoms with E-state index < -0.39 is 28.9 Å². The summed E-state index contributed by atoms with van der Waals surface area (Å²) in [6, 6.07) is 10.0. The maximum Gasteiger partial charge on any atom is 0.257 e. The van der Waals surface area contributed by atoms with Gasteiger partial charge in [-0.3, -0.25) is 4.79 Å². The Kier molecular flexibility index (Phi) is 4.97. The zero-order chi connectivity index (χ0) is 18.0. The molecule has 0 unspecified atom stereocenters. The van der Waals surface area contributed by atoms with Gasteiger partial charge in [0, 0.05) is 31.9 Å². The van der Waals surface area contributed by atoms with Gasteiger partial charge in [-0.1, -0.05) is 19.1 Å². The molecule has 2 aromatic carbocycles. The molecule has 6 heteroatoms. The van der Waals surface area contributed by atoms with Crippen LogP contribution in [0.2, 0.25) is 0 Å². The average molecular weight is 348 g/mol. The number of benzene rings is 2. The summed E-state index contributed by atoms with van der Waals surface area (Å²) in [5, 5.41) is 0. The van der Waals surface area contributed by atoms with Gasteiger partial charge in [0.1, 0.15) is 0 Å². The van der Waals surface area contributed by atoms with Gasteiger partial charge in [0.15, 0.2) is 17.5 Å². The Hall–Kier alpha value is -2.50. The van der Waals surface area contributed by atoms with Crippen molar-refractivity contribution >= 4 is 11.6 Å². The molecule has 132 valence electrons. The summed E-state index contributed by atoms with van der Waals surface area (Å²) in [7, 11) is 0. The minimum absolute atomic E-state index is 0.396. The molecule has 1 saturated heterocycles. The van der Waals surface area contributed by atoms with Gasteiger partial charge in [0.25, 0.3) is 5.91 Å². The van der Waals surface area contributed by atoms with Crippen LogP contribution in [0.25, 0.3) is 0 Å². The van der Waals surface area contributed by atoms with Crippen LogP contribution in [0.4, 0.5) is 18.9 Å². The van der Waals surface area contributed by atoms with E-state index in [4.69, 9.17) is 0 Å². The van der Waals surface area contributed by atoms with Crippen LogP contribution in [-0.4, -0.2) is 37.0 Å². The minimum Gasteiger partial charge on any atom is -0.368 e. The molecule has 1 heterocycles. The molecular weight excluding hydrogens is 329 g/mol. The number of hydrogen-bond acceptors (Lipinski definition) is 2. The largest absolute Gasteiger partial charge is 0.368 e. The Morgan fingerprint density at radius 1 is 0.920 bits per heavy atom. The Morgan fingerprint density at radius 3 is 2.16 bits per heavy atom. The summed E-state index contributed by atoms with van der Waals surface area (Å²) in [6.45, 7) is 4.08. The van der Waals surface area contributed by atoms with Gasteiger partial charge in [0.2, 0.25) is 0 Å². The van der Waals surface area contributed by atoms with Crippen LogP contribution in [0.5, 0.6) is 0 Å². The van der Waals surface area contributed by atoms with Crippen LogP contribution in [-0.2, 0) is 6.42 Å². The number of halogens is 3. The van der Waals surface area contributed by atoms with E-state index in [2.05, 4.69) is 24.0 Å². The van der Waals surface area contributed by atoms with Crippen molar-refractivity contribution in [1.29, 1.82) is 0 Å². The van der Waals surface area contributed by atoms with Crippen molar-refractivity contribution in [3.05, 3.63) is 65.0 Å². The molecule has 0 saturated carbocycles. The number of piperazine rings is 1. The summed E-state index contributed by atoms with van der Waals surface area (Å²) in [6.07, 6.45) is 0.975. The van der Waals surface area contributed by atoms with Crippen molar-refractivity contribution < 1.29 is 18.0 Å². The Bertz CT molecular complexity index is 769. The third kappa shape index (κ3) is 3.48. The standard InChI is InChI=1S/C19H19F3N2O/c1-2-13-3-5-14(6-4-13)23-9-11-24(12-10-23)19(25)15-7-8-16(20)18(22)17(15)21/h3-8H,2,9-12H2,1H3. The first-order valence-corrected chi connectivity index (χ1v) is 8.28. The first-order valence-electron chi connectivity index (χ1n) is 8.28. The quantitative estimate of drug-likeness (QED) is 0.791. The molecule has 2 aromatic rings. The summed E-state index contributed by atoms with van der Waals surface area (Å²) < 4.78 is 40.2. The second-order valence-corrected chi connectivity index (χ2v) is 6.02. The third-order valence-electron chi connectivity index (χ3n) is 4.54. The molecular formula is C19H19F3N2O. The molecule has 3 nitrogen and oxygen atoms in total. The maximum atomic E-state index is 13.8. The van der Waals surface area contributed by atoms with Crippen molar-refractivity contribution in [2.24, 2.45) is 0 Å². The van der Waals surface area contributed by atoms with Crippen molar-refractivity contribution in [3.8, 4) is 0 Å². The predicted octanol–water partition coefficient (Wildman–Crippen LogP) is 3.63. The predicted molar refractivity (Wildman–Crippen MR) is 90.3 cm³/mol. The third-order valence-corrected chi connectivity index (χ3v) is 4.54. The summed E-state index contributed by atoms with van der Waals surface area (Å²) in [5.74, 6) is -4.95. The Morgan fingerprint density at radius 2 is 1.56 bits per heavy atom. The van der Waals surface area contributed by atoms with Crippen molar-refractivity contribution in [2.45, 2.75) is 13.3 Å². The number of aryl methyl sites for hydroxylation is 1. The van der Waals surface area contributed by atoms with E-state index in [-0.39, 0.29) is 0 Å². The smallest absolute Gasteiger partial charge is 0.257 e. The molecule has 1 amide bonds. The molecule has 1 aliphatic rings. The number of rotatable bonds is 3. The summed E-state index contributed by atoms with van der Waals surface area (Å²) in [4.78, 5) is 16.0. The highest BCUT2D eigenvalue weighted by atomic mass is 19.2. The molecule has 0 N–H and O–H groups in total. The first-order chi connectivity index (χ1) is 12.0. The fourth-order valence-corrected chi connectivity index (χ4v) is 2.97. The van der Waals surface area contributed by atoms with Crippen LogP contribution < -0.4 is 4.90 Å². The van der Waals surface area contributed by atoms with Crippen molar-refractivity contribution in [1.82, 2.24) is 4.90 Å². The zero-order valence-corrected chi connectivity index (χ0v) is 13.9. The van der Waals surface area contributed by atoms with E-state index in [9.17, 15) is 18.0 Å². The highest BCUT2D eigenvalue weighted by molar-refractivity contribution is 5.94. The van der Waals surface area contributed by atoms with E-state index in [0.717, 1.165) is 24.2 Å². The molecule has 0 aliphatic carbocycles. The molecule has 0 spiro atoms. The molecule has 0 radical (unpaired) electrons. The van der Waals surface area contributed by atoms with Crippen LogP contribution >= 0.6 is 0 Å². The van der Waals surface area contributed by atoms with Crippen molar-refractivity contribution in [2.75, 3.05) is 31.1 Å². The summed E-state index contributed by atoms with van der Waals surface area (Å²) >= 11 is 0. The second kappa shape index (κ2) is 7.17. The number of carbonyl (C=O) groups is 1. The topological polar surface area (TPSA) is 23.6 Å². The average Bonchev–Trinajstić information content (AvgIpc) is 2.66. The zero-order valence-electron chi connectivity index (χ0n) is 13.9. The van der Waals surface area contributed by atoms with E-state index in [0.29, 0.717) is 26.2 Å². The highest BCUT2D eigenvalue weighted by Gasteiger charge is 2.26. The van der Waals surface area contributed by atoms with Crippen LogP contribution in [0.15, 0.2) is 36.4 Å². The van der Waals surface area contributed by atoms with Gasteiger partial charge in [-0.15, -0.1) is 0 Å². The minimum atomic E-state index is -1.61. The lowest BCUT2D eigenvalue weighted by molar-refractivity contribution is 0.0740. The molecule has 0 atom stereocenters. The Labute approximate surface area is 144 Å². The fourth-order valence-electron chi connectivity index (χ4n) is 2.97. The van der Waals surface area contributed by atoms with Gasteiger partial charge in [0.05, 0.1) is 5.56 Å². The summed E-state index contributed by atoms with van der Waals surface area (Å²) in [5.41, 5.74) is 1.90. The molecule has 0 aromatic heterocycles. The molecule has 3 rings (SSSR count). The fraction of sp³-hybridized carbons (Fsp3) is 0.316. The van der Waals surface area contributed by atoms with E-state index in [1.807, 2.05) is 12.1 Å². The highest BCUT2D eigenvalue weighted by Crippen LogP contribution is 2.20. The van der Waals surface area contributed by atoms with Gasteiger partial charge in [-0.05, 0) is 36.2 Å². The van der Waals surface area contributed by atoms with E-state index in [1.165, 1.54) is 10.5 Å². The SMILES string of the molecule is CCc1ccc(N2CCN(C(=O)c3ccc(F)c(F)c3F)CC2)cc1. The normalized spacial score (nSPS) is 14.7. The molecule has 0 bridgehead atoms. The lowest BCUT2D eigenvalue weighted by Gasteiger charge is -2.36. The van der Waals surface area contributed by atoms with E-state index in [1.54, 1.807) is 0 Å². The number of anilines is 1. The molecule has 1 aliphatic heterocycles. The molecule has 1 fully saturated rings. The van der Waals surface area contributed by atoms with E-state index >= 15 is 0 Å². The first kappa shape index (κ1) is 17.3. The van der Waals surface area contributed by atoms with Gasteiger partial charge >= 0.3 is 0 Å². The van der Waals surface area contributed by atoms with Gasteiger partial charge < -0.3 is 9.80 Å². The van der Waals surface area contributed by atoms with Crippen LogP contribution in [0, 0.1) is 17.5 Å². The van der Waals surface area contributed by atoms with Gasteiger partial charge in [-0.2, -0.15) is 0 Å². The molecule has 25 heavy (non-hydrogen) atoms. The monoisotopic (exact) mass is 348 g/mol. The van der Waals surface area contributed by atoms with Crippen LogP contribution in [0.1, 0.15) is 22.8 Å².